The van der Waals surface area contributed by atoms with E-state index in [9.17, 15) is 18.0 Å². The highest BCUT2D eigenvalue weighted by Gasteiger charge is 2.39. The Morgan fingerprint density at radius 2 is 2.19 bits per heavy atom. The Hall–Kier alpha value is -1.57. The van der Waals surface area contributed by atoms with Gasteiger partial charge in [-0.05, 0) is 0 Å². The Balaban J connectivity index is 2.31. The topological polar surface area (TPSA) is 78.0 Å². The van der Waals surface area contributed by atoms with E-state index in [2.05, 4.69) is 15.5 Å². The van der Waals surface area contributed by atoms with Crippen LogP contribution >= 0.6 is 0 Å². The lowest BCUT2D eigenvalue weighted by atomic mass is 10.0. The van der Waals surface area contributed by atoms with Gasteiger partial charge >= 0.3 is 12.1 Å². The molecule has 0 bridgehead atoms. The van der Waals surface area contributed by atoms with Crippen LogP contribution in [0.4, 0.5) is 13.2 Å². The highest BCUT2D eigenvalue weighted by atomic mass is 19.4. The Bertz CT molecular complexity index is 427. The normalized spacial score (nSPS) is 20.6. The molecule has 0 radical (unpaired) electrons. The number of aromatic amines is 1. The number of hydrogen-bond donors (Lipinski definition) is 3. The number of alkyl halides is 3. The van der Waals surface area contributed by atoms with Crippen molar-refractivity contribution < 1.29 is 23.1 Å². The number of nitrogens with one attached hydrogen (secondary N) is 2. The van der Waals surface area contributed by atoms with Crippen molar-refractivity contribution in [2.75, 3.05) is 0 Å². The van der Waals surface area contributed by atoms with Gasteiger partial charge in [-0.25, -0.2) is 0 Å². The first-order chi connectivity index (χ1) is 7.39. The average molecular weight is 235 g/mol. The van der Waals surface area contributed by atoms with Crippen LogP contribution < -0.4 is 5.32 Å². The second-order valence-electron chi connectivity index (χ2n) is 3.50. The number of carboxylic acid groups (broad SMARTS) is 1. The predicted molar refractivity (Wildman–Crippen MR) is 45.6 cm³/mol. The summed E-state index contributed by atoms with van der Waals surface area (Å²) in [6.45, 7) is -0.141. The summed E-state index contributed by atoms with van der Waals surface area (Å²) in [5, 5.41) is 16.6. The highest BCUT2D eigenvalue weighted by Crippen LogP contribution is 2.33. The van der Waals surface area contributed by atoms with Gasteiger partial charge in [0.25, 0.3) is 0 Å². The van der Waals surface area contributed by atoms with E-state index >= 15 is 0 Å². The minimum absolute atomic E-state index is 0.00463. The van der Waals surface area contributed by atoms with E-state index in [1.54, 1.807) is 0 Å². The van der Waals surface area contributed by atoms with E-state index in [-0.39, 0.29) is 24.2 Å². The first kappa shape index (κ1) is 10.9. The number of aliphatic carboxylic acids is 1. The molecule has 0 amide bonds. The van der Waals surface area contributed by atoms with E-state index in [0.717, 1.165) is 0 Å². The molecule has 1 unspecified atom stereocenters. The van der Waals surface area contributed by atoms with Crippen molar-refractivity contribution in [3.63, 3.8) is 0 Å². The molecule has 0 aromatic carbocycles. The molecule has 0 saturated heterocycles. The standard InChI is InChI=1S/C8H8F3N3O2/c9-8(10,11)6-3-2-12-5(7(15)16)1-4(3)13-14-6/h5,12H,1-2H2,(H,13,14)(H,15,16). The van der Waals surface area contributed by atoms with E-state index < -0.39 is 23.9 Å². The summed E-state index contributed by atoms with van der Waals surface area (Å²) in [4.78, 5) is 10.6. The SMILES string of the molecule is O=C(O)C1Cc2[nH]nc(C(F)(F)F)c2CN1. The van der Waals surface area contributed by atoms with Gasteiger partial charge in [0.05, 0.1) is 0 Å². The van der Waals surface area contributed by atoms with Crippen LogP contribution in [-0.4, -0.2) is 27.3 Å². The molecule has 2 rings (SSSR count). The third-order valence-corrected chi connectivity index (χ3v) is 2.45. The minimum atomic E-state index is -4.51. The third kappa shape index (κ3) is 1.75. The molecule has 16 heavy (non-hydrogen) atoms. The zero-order valence-electron chi connectivity index (χ0n) is 7.93. The number of halogens is 3. The molecule has 0 aliphatic carbocycles. The molecular weight excluding hydrogens is 227 g/mol. The van der Waals surface area contributed by atoms with Crippen molar-refractivity contribution >= 4 is 5.97 Å². The lowest BCUT2D eigenvalue weighted by Crippen LogP contribution is -2.41. The van der Waals surface area contributed by atoms with Crippen LogP contribution in [0.2, 0.25) is 0 Å². The lowest BCUT2D eigenvalue weighted by Gasteiger charge is -2.20. The van der Waals surface area contributed by atoms with Crippen molar-refractivity contribution in [3.05, 3.63) is 17.0 Å². The summed E-state index contributed by atoms with van der Waals surface area (Å²) in [7, 11) is 0. The molecule has 1 atom stereocenters. The summed E-state index contributed by atoms with van der Waals surface area (Å²) >= 11 is 0. The summed E-state index contributed by atoms with van der Waals surface area (Å²) in [5.41, 5.74) is -0.734. The Labute approximate surface area is 87.6 Å². The van der Waals surface area contributed by atoms with Gasteiger partial charge in [-0.1, -0.05) is 0 Å². The fraction of sp³-hybridized carbons (Fsp3) is 0.500. The van der Waals surface area contributed by atoms with Crippen LogP contribution in [0.5, 0.6) is 0 Å². The van der Waals surface area contributed by atoms with Gasteiger partial charge in [0.1, 0.15) is 6.04 Å². The van der Waals surface area contributed by atoms with Crippen LogP contribution in [-0.2, 0) is 23.9 Å². The maximum absolute atomic E-state index is 12.4. The zero-order valence-corrected chi connectivity index (χ0v) is 7.93. The predicted octanol–water partition coefficient (Wildman–Crippen LogP) is 0.527. The molecule has 1 aliphatic rings. The van der Waals surface area contributed by atoms with Gasteiger partial charge in [-0.3, -0.25) is 15.2 Å². The van der Waals surface area contributed by atoms with Crippen LogP contribution in [0.15, 0.2) is 0 Å². The number of rotatable bonds is 1. The molecule has 1 aliphatic heterocycles. The van der Waals surface area contributed by atoms with Crippen LogP contribution in [0.3, 0.4) is 0 Å². The van der Waals surface area contributed by atoms with Crippen molar-refractivity contribution in [3.8, 4) is 0 Å². The average Bonchev–Trinajstić information content (AvgIpc) is 2.58. The van der Waals surface area contributed by atoms with Gasteiger partial charge in [0.2, 0.25) is 0 Å². The second-order valence-corrected chi connectivity index (χ2v) is 3.50. The third-order valence-electron chi connectivity index (χ3n) is 2.45. The van der Waals surface area contributed by atoms with Crippen molar-refractivity contribution in [1.82, 2.24) is 15.5 Å². The molecule has 88 valence electrons. The minimum Gasteiger partial charge on any atom is -0.480 e. The van der Waals surface area contributed by atoms with Crippen molar-refractivity contribution in [1.29, 1.82) is 0 Å². The van der Waals surface area contributed by atoms with Crippen LogP contribution in [0, 0.1) is 0 Å². The highest BCUT2D eigenvalue weighted by molar-refractivity contribution is 5.74. The first-order valence-electron chi connectivity index (χ1n) is 4.49. The Morgan fingerprint density at radius 3 is 2.75 bits per heavy atom. The van der Waals surface area contributed by atoms with Gasteiger partial charge in [-0.15, -0.1) is 0 Å². The van der Waals surface area contributed by atoms with Crippen LogP contribution in [0.25, 0.3) is 0 Å². The number of aromatic nitrogens is 2. The fourth-order valence-electron chi connectivity index (χ4n) is 1.67. The Kier molecular flexibility index (Phi) is 2.38. The Morgan fingerprint density at radius 1 is 1.50 bits per heavy atom. The molecule has 5 nitrogen and oxygen atoms in total. The molecule has 2 heterocycles. The number of carboxylic acids is 1. The van der Waals surface area contributed by atoms with E-state index in [4.69, 9.17) is 5.11 Å². The van der Waals surface area contributed by atoms with Gasteiger partial charge in [0, 0.05) is 24.2 Å². The van der Waals surface area contributed by atoms with Crippen molar-refractivity contribution in [2.24, 2.45) is 0 Å². The van der Waals surface area contributed by atoms with Crippen LogP contribution in [0.1, 0.15) is 17.0 Å². The molecule has 1 aromatic heterocycles. The molecular formula is C8H8F3N3O2. The molecule has 3 N–H and O–H groups in total. The van der Waals surface area contributed by atoms with Crippen molar-refractivity contribution in [2.45, 2.75) is 25.2 Å². The molecule has 0 saturated carbocycles. The number of nitrogens with zero attached hydrogens (tertiary/aromatic N) is 1. The summed E-state index contributed by atoms with van der Waals surface area (Å²) in [6, 6.07) is -0.867. The largest absolute Gasteiger partial charge is 0.480 e. The molecule has 0 fully saturated rings. The van der Waals surface area contributed by atoms with E-state index in [1.165, 1.54) is 0 Å². The summed E-state index contributed by atoms with van der Waals surface area (Å²) in [6.07, 6.45) is -4.53. The number of fused-ring (bicyclic) bond motifs is 1. The summed E-state index contributed by atoms with van der Waals surface area (Å²) < 4.78 is 37.3. The second kappa shape index (κ2) is 3.48. The monoisotopic (exact) mass is 235 g/mol. The van der Waals surface area contributed by atoms with E-state index in [1.807, 2.05) is 0 Å². The number of H-pyrrole nitrogens is 1. The van der Waals surface area contributed by atoms with Gasteiger partial charge < -0.3 is 5.11 Å². The van der Waals surface area contributed by atoms with Gasteiger partial charge in [0.15, 0.2) is 5.69 Å². The smallest absolute Gasteiger partial charge is 0.435 e. The molecule has 1 aromatic rings. The number of hydrogen-bond acceptors (Lipinski definition) is 3. The van der Waals surface area contributed by atoms with Gasteiger partial charge in [-0.2, -0.15) is 18.3 Å². The quantitative estimate of drug-likeness (QED) is 0.663. The maximum atomic E-state index is 12.4. The fourth-order valence-corrected chi connectivity index (χ4v) is 1.67. The maximum Gasteiger partial charge on any atom is 0.435 e. The van der Waals surface area contributed by atoms with E-state index in [0.29, 0.717) is 0 Å². The number of carbonyl (C=O) groups is 1. The molecule has 8 heteroatoms. The lowest BCUT2D eigenvalue weighted by molar-refractivity contribution is -0.141. The summed E-state index contributed by atoms with van der Waals surface area (Å²) in [5.74, 6) is -1.09. The molecule has 0 spiro atoms. The zero-order chi connectivity index (χ0) is 11.9. The first-order valence-corrected chi connectivity index (χ1v) is 4.49.